The lowest BCUT2D eigenvalue weighted by atomic mass is 9.88. The molecule has 3 aliphatic carbocycles. The van der Waals surface area contributed by atoms with Crippen molar-refractivity contribution < 1.29 is 4.79 Å². The van der Waals surface area contributed by atoms with E-state index in [2.05, 4.69) is 15.6 Å². The van der Waals surface area contributed by atoms with Crippen LogP contribution in [0.15, 0.2) is 40.4 Å². The van der Waals surface area contributed by atoms with Gasteiger partial charge in [-0.05, 0) is 38.5 Å². The van der Waals surface area contributed by atoms with E-state index in [1.807, 2.05) is 24.3 Å². The molecule has 3 saturated carbocycles. The van der Waals surface area contributed by atoms with E-state index in [1.165, 1.54) is 0 Å². The number of carbonyl (C=O) groups is 1. The van der Waals surface area contributed by atoms with Gasteiger partial charge < -0.3 is 32.8 Å². The Bertz CT molecular complexity index is 1820. The number of rotatable bonds is 5. The zero-order valence-electron chi connectivity index (χ0n) is 25.3. The monoisotopic (exact) mass is 596 g/mol. The highest BCUT2D eigenvalue weighted by molar-refractivity contribution is 6.25. The van der Waals surface area contributed by atoms with Crippen molar-refractivity contribution in [2.75, 3.05) is 5.32 Å². The van der Waals surface area contributed by atoms with E-state index in [0.29, 0.717) is 43.8 Å². The topological polar surface area (TPSA) is 177 Å². The maximum atomic E-state index is 14.5. The van der Waals surface area contributed by atoms with Gasteiger partial charge in [0.05, 0.1) is 45.4 Å². The van der Waals surface area contributed by atoms with Gasteiger partial charge in [0, 0.05) is 46.4 Å². The summed E-state index contributed by atoms with van der Waals surface area (Å²) in [7, 11) is 0. The van der Waals surface area contributed by atoms with Crippen LogP contribution in [0.2, 0.25) is 0 Å². The van der Waals surface area contributed by atoms with Crippen LogP contribution in [0, 0.1) is 0 Å². The Balaban J connectivity index is 1.57. The molecule has 9 N–H and O–H groups in total. The summed E-state index contributed by atoms with van der Waals surface area (Å²) in [5.74, 6) is -0.252. The van der Waals surface area contributed by atoms with Gasteiger partial charge in [0.2, 0.25) is 0 Å². The predicted octanol–water partition coefficient (Wildman–Crippen LogP) is 3.52. The molecular weight excluding hydrogens is 552 g/mol. The van der Waals surface area contributed by atoms with E-state index in [-0.39, 0.29) is 47.6 Å². The van der Waals surface area contributed by atoms with Gasteiger partial charge >= 0.3 is 0 Å². The van der Waals surface area contributed by atoms with E-state index < -0.39 is 0 Å². The lowest BCUT2D eigenvalue weighted by Crippen LogP contribution is -2.50. The van der Waals surface area contributed by atoms with E-state index in [4.69, 9.17) is 27.2 Å². The maximum absolute atomic E-state index is 14.5. The summed E-state index contributed by atoms with van der Waals surface area (Å²) >= 11 is 0. The van der Waals surface area contributed by atoms with Crippen molar-refractivity contribution in [3.8, 4) is 0 Å². The van der Waals surface area contributed by atoms with Crippen molar-refractivity contribution in [1.82, 2.24) is 15.3 Å². The van der Waals surface area contributed by atoms with Gasteiger partial charge in [-0.25, -0.2) is 4.98 Å². The molecule has 0 aliphatic heterocycles. The van der Waals surface area contributed by atoms with Crippen LogP contribution in [0.3, 0.4) is 0 Å². The number of carbonyl (C=O) groups excluding carboxylic acids is 1. The Morgan fingerprint density at radius 2 is 1.45 bits per heavy atom. The molecule has 10 heteroatoms. The molecule has 3 aromatic carbocycles. The zero-order chi connectivity index (χ0) is 30.4. The Morgan fingerprint density at radius 3 is 2.16 bits per heavy atom. The molecule has 3 fully saturated rings. The first-order valence-electron chi connectivity index (χ1n) is 16.5. The minimum absolute atomic E-state index is 0.0665. The summed E-state index contributed by atoms with van der Waals surface area (Å²) in [6.07, 6.45) is 13.0. The van der Waals surface area contributed by atoms with Gasteiger partial charge in [-0.3, -0.25) is 14.6 Å². The van der Waals surface area contributed by atoms with Crippen LogP contribution in [0.5, 0.6) is 0 Å². The largest absolute Gasteiger partial charge is 0.378 e. The number of aromatic amines is 1. The Kier molecular flexibility index (Phi) is 7.99. The number of benzene rings is 3. The number of anilines is 1. The van der Waals surface area contributed by atoms with Crippen LogP contribution in [-0.2, 0) is 0 Å². The normalized spacial score (nSPS) is 28.5. The molecule has 232 valence electrons. The van der Waals surface area contributed by atoms with Crippen molar-refractivity contribution in [2.45, 2.75) is 113 Å². The number of amides is 1. The molecule has 10 nitrogen and oxygen atoms in total. The van der Waals surface area contributed by atoms with Crippen molar-refractivity contribution in [3.63, 3.8) is 0 Å². The van der Waals surface area contributed by atoms with E-state index >= 15 is 0 Å². The molecule has 6 atom stereocenters. The van der Waals surface area contributed by atoms with Crippen molar-refractivity contribution in [1.29, 1.82) is 0 Å². The number of nitrogens with one attached hydrogen (secondary N) is 3. The molecule has 1 heterocycles. The highest BCUT2D eigenvalue weighted by Crippen LogP contribution is 2.34. The van der Waals surface area contributed by atoms with Crippen LogP contribution in [0.25, 0.3) is 32.6 Å². The molecular formula is C34H44N8O2. The molecule has 7 rings (SSSR count). The molecule has 0 spiro atoms. The third-order valence-corrected chi connectivity index (χ3v) is 10.4. The molecule has 0 radical (unpaired) electrons. The van der Waals surface area contributed by atoms with Gasteiger partial charge in [0.1, 0.15) is 0 Å². The number of H-pyrrole nitrogens is 1. The second-order valence-corrected chi connectivity index (χ2v) is 13.2. The lowest BCUT2D eigenvalue weighted by Gasteiger charge is -2.32. The molecule has 0 unspecified atom stereocenters. The average molecular weight is 597 g/mol. The number of nitrogens with two attached hydrogens (primary N) is 3. The van der Waals surface area contributed by atoms with E-state index in [9.17, 15) is 9.59 Å². The van der Waals surface area contributed by atoms with E-state index in [1.54, 1.807) is 6.33 Å². The van der Waals surface area contributed by atoms with Gasteiger partial charge in [0.15, 0.2) is 5.43 Å². The minimum atomic E-state index is -0.252. The quantitative estimate of drug-likeness (QED) is 0.151. The Hall–Kier alpha value is -3.60. The molecule has 44 heavy (non-hydrogen) atoms. The van der Waals surface area contributed by atoms with Gasteiger partial charge in [-0.2, -0.15) is 0 Å². The third-order valence-electron chi connectivity index (χ3n) is 10.4. The van der Waals surface area contributed by atoms with Crippen LogP contribution in [0.1, 0.15) is 87.4 Å². The molecule has 3 aliphatic rings. The fourth-order valence-corrected chi connectivity index (χ4v) is 7.86. The maximum Gasteiger partial charge on any atom is 0.255 e. The number of fused-ring (bicyclic) bond motifs is 2. The molecule has 1 amide bonds. The molecule has 1 aromatic heterocycles. The minimum Gasteiger partial charge on any atom is -0.378 e. The summed E-state index contributed by atoms with van der Waals surface area (Å²) in [5.41, 5.74) is 21.9. The van der Waals surface area contributed by atoms with E-state index in [0.717, 1.165) is 82.4 Å². The molecule has 0 saturated heterocycles. The van der Waals surface area contributed by atoms with Crippen molar-refractivity contribution >= 4 is 44.2 Å². The average Bonchev–Trinajstić information content (AvgIpc) is 3.03. The first-order chi connectivity index (χ1) is 21.4. The predicted molar refractivity (Wildman–Crippen MR) is 176 cm³/mol. The number of hydrogen-bond donors (Lipinski definition) is 6. The highest BCUT2D eigenvalue weighted by Gasteiger charge is 2.32. The van der Waals surface area contributed by atoms with Crippen LogP contribution in [0.4, 0.5) is 5.69 Å². The van der Waals surface area contributed by atoms with Crippen LogP contribution in [-0.4, -0.2) is 52.1 Å². The summed E-state index contributed by atoms with van der Waals surface area (Å²) in [6, 6.07) is 6.84. The summed E-state index contributed by atoms with van der Waals surface area (Å²) in [5, 5.41) is 9.94. The van der Waals surface area contributed by atoms with Crippen molar-refractivity contribution in [3.05, 3.63) is 51.7 Å². The SMILES string of the molecule is N[C@H]1CCCC[C@@H]1N=c1c(C(=O)N[C@H]2CCCC[C@@H]2N)c2[nH]cnc3c4ccccc4c(=O)c(c1N[C@H]1CCCC[C@@H]1N)c23. The van der Waals surface area contributed by atoms with Gasteiger partial charge in [0.25, 0.3) is 5.91 Å². The summed E-state index contributed by atoms with van der Waals surface area (Å²) < 4.78 is 0. The second kappa shape index (κ2) is 12.1. The Labute approximate surface area is 256 Å². The van der Waals surface area contributed by atoms with Crippen LogP contribution < -0.4 is 38.6 Å². The zero-order valence-corrected chi connectivity index (χ0v) is 25.3. The molecule has 4 aromatic rings. The third kappa shape index (κ3) is 5.12. The van der Waals surface area contributed by atoms with Gasteiger partial charge in [-0.15, -0.1) is 0 Å². The number of aromatic nitrogens is 2. The highest BCUT2D eigenvalue weighted by atomic mass is 16.1. The standard InChI is InChI=1S/C34H44N8O2/c35-20-11-3-6-14-23(20)40-31-27-26-29(18-9-1-2-10-19(18)33(27)43)38-17-39-30(26)28(32(31)41-24-15-7-4-12-21(24)36)34(44)42-25-16-8-5-13-22(25)37/h1-2,9-10,17,20-25,40H,3-8,11-16,35-37H2,(H,38,39)(H,42,44)/t20-,21-,22-,23-,24-,25-/m0/s1. The van der Waals surface area contributed by atoms with Gasteiger partial charge in [-0.1, -0.05) is 62.8 Å². The summed E-state index contributed by atoms with van der Waals surface area (Å²) in [4.78, 5) is 42.4. The van der Waals surface area contributed by atoms with Crippen molar-refractivity contribution in [2.24, 2.45) is 22.2 Å². The second-order valence-electron chi connectivity index (χ2n) is 13.2. The molecule has 0 bridgehead atoms. The smallest absolute Gasteiger partial charge is 0.255 e. The number of nitrogens with zero attached hydrogens (tertiary/aromatic N) is 2. The van der Waals surface area contributed by atoms with Crippen LogP contribution >= 0.6 is 0 Å². The first kappa shape index (κ1) is 29.1. The summed E-state index contributed by atoms with van der Waals surface area (Å²) in [6.45, 7) is 0. The fourth-order valence-electron chi connectivity index (χ4n) is 7.86. The Morgan fingerprint density at radius 1 is 0.818 bits per heavy atom. The number of hydrogen-bond acceptors (Lipinski definition) is 8. The fraction of sp³-hybridized carbons (Fsp3) is 0.529. The lowest BCUT2D eigenvalue weighted by molar-refractivity contribution is 0.0921. The first-order valence-corrected chi connectivity index (χ1v) is 16.5.